The van der Waals surface area contributed by atoms with E-state index < -0.39 is 5.97 Å². The molecule has 0 rings (SSSR count). The normalized spacial score (nSPS) is 8.40. The third-order valence-corrected chi connectivity index (χ3v) is 1.12. The standard InChI is InChI=1S/C6H12O3.C4H6O2/c1-2-3-4-9-5-6(7)8;1-3-6-4(2)5/h2-5H2,1H3,(H,7,8);3H,1H2,2H3. The summed E-state index contributed by atoms with van der Waals surface area (Å²) >= 11 is 0. The van der Waals surface area contributed by atoms with E-state index in [0.717, 1.165) is 19.1 Å². The lowest BCUT2D eigenvalue weighted by Gasteiger charge is -1.96. The number of unbranched alkanes of at least 4 members (excludes halogenated alkanes) is 1. The van der Waals surface area contributed by atoms with Crippen molar-refractivity contribution in [2.75, 3.05) is 13.2 Å². The maximum absolute atomic E-state index is 9.84. The molecule has 0 bridgehead atoms. The van der Waals surface area contributed by atoms with Gasteiger partial charge in [0.15, 0.2) is 0 Å². The second-order valence-electron chi connectivity index (χ2n) is 2.58. The van der Waals surface area contributed by atoms with Crippen molar-refractivity contribution in [1.29, 1.82) is 0 Å². The monoisotopic (exact) mass is 218 g/mol. The summed E-state index contributed by atoms with van der Waals surface area (Å²) in [5, 5.41) is 8.09. The van der Waals surface area contributed by atoms with Gasteiger partial charge in [-0.1, -0.05) is 19.9 Å². The van der Waals surface area contributed by atoms with Crippen molar-refractivity contribution in [3.05, 3.63) is 12.8 Å². The number of aliphatic carboxylic acids is 1. The highest BCUT2D eigenvalue weighted by atomic mass is 16.5. The fourth-order valence-electron chi connectivity index (χ4n) is 0.523. The molecule has 0 aromatic carbocycles. The molecule has 0 aliphatic heterocycles. The largest absolute Gasteiger partial charge is 0.480 e. The minimum absolute atomic E-state index is 0.167. The molecular weight excluding hydrogens is 200 g/mol. The molecule has 0 aliphatic carbocycles. The fraction of sp³-hybridized carbons (Fsp3) is 0.600. The smallest absolute Gasteiger partial charge is 0.329 e. The van der Waals surface area contributed by atoms with E-state index in [-0.39, 0.29) is 12.6 Å². The van der Waals surface area contributed by atoms with E-state index in [1.807, 2.05) is 6.92 Å². The summed E-state index contributed by atoms with van der Waals surface area (Å²) in [6.07, 6.45) is 3.08. The average molecular weight is 218 g/mol. The Morgan fingerprint density at radius 1 is 1.47 bits per heavy atom. The van der Waals surface area contributed by atoms with Crippen LogP contribution in [0.2, 0.25) is 0 Å². The first kappa shape index (κ1) is 16.1. The summed E-state index contributed by atoms with van der Waals surface area (Å²) in [4.78, 5) is 19.6. The van der Waals surface area contributed by atoms with Crippen molar-refractivity contribution < 1.29 is 24.2 Å². The summed E-state index contributed by atoms with van der Waals surface area (Å²) in [5.74, 6) is -1.23. The van der Waals surface area contributed by atoms with Crippen LogP contribution in [0.5, 0.6) is 0 Å². The van der Waals surface area contributed by atoms with Gasteiger partial charge in [-0.05, 0) is 6.42 Å². The molecule has 5 heteroatoms. The first-order valence-corrected chi connectivity index (χ1v) is 4.62. The number of carboxylic acid groups (broad SMARTS) is 1. The van der Waals surface area contributed by atoms with E-state index in [0.29, 0.717) is 6.61 Å². The van der Waals surface area contributed by atoms with Crippen LogP contribution in [-0.4, -0.2) is 30.3 Å². The average Bonchev–Trinajstić information content (AvgIpc) is 2.13. The van der Waals surface area contributed by atoms with Crippen LogP contribution in [0.4, 0.5) is 0 Å². The lowest BCUT2D eigenvalue weighted by molar-refractivity contribution is -0.142. The molecule has 0 atom stereocenters. The molecule has 0 spiro atoms. The summed E-state index contributed by atoms with van der Waals surface area (Å²) in [6, 6.07) is 0. The SMILES string of the molecule is C=COC(C)=O.CCCCOCC(=O)O. The Morgan fingerprint density at radius 2 is 2.07 bits per heavy atom. The van der Waals surface area contributed by atoms with E-state index in [2.05, 4.69) is 11.3 Å². The van der Waals surface area contributed by atoms with Crippen LogP contribution in [0.25, 0.3) is 0 Å². The zero-order valence-corrected chi connectivity index (χ0v) is 9.19. The quantitative estimate of drug-likeness (QED) is 0.416. The van der Waals surface area contributed by atoms with Crippen molar-refractivity contribution in [3.8, 4) is 0 Å². The van der Waals surface area contributed by atoms with Crippen molar-refractivity contribution in [1.82, 2.24) is 0 Å². The van der Waals surface area contributed by atoms with Gasteiger partial charge in [-0.15, -0.1) is 0 Å². The number of esters is 1. The number of hydrogen-bond acceptors (Lipinski definition) is 4. The maximum atomic E-state index is 9.84. The van der Waals surface area contributed by atoms with Gasteiger partial charge in [0.1, 0.15) is 6.61 Å². The highest BCUT2D eigenvalue weighted by Crippen LogP contribution is 1.86. The third-order valence-electron chi connectivity index (χ3n) is 1.12. The Hall–Kier alpha value is -1.36. The molecule has 0 saturated heterocycles. The summed E-state index contributed by atoms with van der Waals surface area (Å²) < 4.78 is 8.90. The number of ether oxygens (including phenoxy) is 2. The minimum atomic E-state index is -0.897. The molecule has 0 saturated carbocycles. The Morgan fingerprint density at radius 3 is 2.33 bits per heavy atom. The van der Waals surface area contributed by atoms with E-state index in [9.17, 15) is 9.59 Å². The maximum Gasteiger partial charge on any atom is 0.329 e. The van der Waals surface area contributed by atoms with Gasteiger partial charge >= 0.3 is 11.9 Å². The van der Waals surface area contributed by atoms with Crippen LogP contribution >= 0.6 is 0 Å². The van der Waals surface area contributed by atoms with Crippen molar-refractivity contribution in [2.24, 2.45) is 0 Å². The molecule has 5 nitrogen and oxygen atoms in total. The van der Waals surface area contributed by atoms with Crippen LogP contribution in [0.15, 0.2) is 12.8 Å². The first-order valence-electron chi connectivity index (χ1n) is 4.62. The predicted octanol–water partition coefficient (Wildman–Crippen LogP) is 1.58. The van der Waals surface area contributed by atoms with Crippen molar-refractivity contribution in [2.45, 2.75) is 26.7 Å². The van der Waals surface area contributed by atoms with E-state index in [1.165, 1.54) is 6.92 Å². The van der Waals surface area contributed by atoms with Gasteiger partial charge in [0.05, 0.1) is 6.26 Å². The van der Waals surface area contributed by atoms with E-state index >= 15 is 0 Å². The second-order valence-corrected chi connectivity index (χ2v) is 2.58. The van der Waals surface area contributed by atoms with Crippen LogP contribution in [0.1, 0.15) is 26.7 Å². The summed E-state index contributed by atoms with van der Waals surface area (Å²) in [5.41, 5.74) is 0. The van der Waals surface area contributed by atoms with Gasteiger partial charge in [0.25, 0.3) is 0 Å². The molecule has 0 heterocycles. The van der Waals surface area contributed by atoms with Gasteiger partial charge in [-0.3, -0.25) is 4.79 Å². The molecule has 15 heavy (non-hydrogen) atoms. The summed E-state index contributed by atoms with van der Waals surface area (Å²) in [6.45, 7) is 6.90. The fourth-order valence-corrected chi connectivity index (χ4v) is 0.523. The van der Waals surface area contributed by atoms with Crippen molar-refractivity contribution >= 4 is 11.9 Å². The lowest BCUT2D eigenvalue weighted by Crippen LogP contribution is -2.07. The molecule has 1 N–H and O–H groups in total. The Labute approximate surface area is 89.7 Å². The molecule has 0 radical (unpaired) electrons. The highest BCUT2D eigenvalue weighted by molar-refractivity contribution is 5.68. The van der Waals surface area contributed by atoms with Crippen LogP contribution < -0.4 is 0 Å². The van der Waals surface area contributed by atoms with Gasteiger partial charge < -0.3 is 14.6 Å². The molecule has 0 amide bonds. The topological polar surface area (TPSA) is 72.8 Å². The molecule has 0 fully saturated rings. The minimum Gasteiger partial charge on any atom is -0.480 e. The third kappa shape index (κ3) is 24.5. The number of hydrogen-bond donors (Lipinski definition) is 1. The summed E-state index contributed by atoms with van der Waals surface area (Å²) in [7, 11) is 0. The van der Waals surface area contributed by atoms with Gasteiger partial charge in [-0.25, -0.2) is 4.79 Å². The van der Waals surface area contributed by atoms with Crippen molar-refractivity contribution in [3.63, 3.8) is 0 Å². The Balaban J connectivity index is 0. The molecule has 0 aromatic rings. The molecular formula is C10H18O5. The molecule has 0 unspecified atom stereocenters. The zero-order valence-electron chi connectivity index (χ0n) is 9.19. The van der Waals surface area contributed by atoms with Crippen LogP contribution in [0.3, 0.4) is 0 Å². The highest BCUT2D eigenvalue weighted by Gasteiger charge is 1.93. The zero-order chi connectivity index (χ0) is 12.1. The van der Waals surface area contributed by atoms with Crippen LogP contribution in [-0.2, 0) is 19.1 Å². The lowest BCUT2D eigenvalue weighted by atomic mass is 10.4. The molecule has 0 aromatic heterocycles. The van der Waals surface area contributed by atoms with Gasteiger partial charge in [0, 0.05) is 13.5 Å². The Kier molecular flexibility index (Phi) is 13.6. The predicted molar refractivity (Wildman–Crippen MR) is 55.3 cm³/mol. The second kappa shape index (κ2) is 12.6. The molecule has 88 valence electrons. The van der Waals surface area contributed by atoms with Gasteiger partial charge in [-0.2, -0.15) is 0 Å². The first-order chi connectivity index (χ1) is 7.04. The van der Waals surface area contributed by atoms with E-state index in [4.69, 9.17) is 9.84 Å². The van der Waals surface area contributed by atoms with Gasteiger partial charge in [0.2, 0.25) is 0 Å². The van der Waals surface area contributed by atoms with E-state index in [1.54, 1.807) is 0 Å². The Bertz CT molecular complexity index is 188. The number of rotatable bonds is 6. The van der Waals surface area contributed by atoms with Crippen LogP contribution in [0, 0.1) is 0 Å². The number of carbonyl (C=O) groups excluding carboxylic acids is 1. The number of carboxylic acids is 1. The molecule has 0 aliphatic rings. The number of carbonyl (C=O) groups is 2.